The number of anilines is 1. The van der Waals surface area contributed by atoms with Crippen molar-refractivity contribution in [1.29, 1.82) is 0 Å². The molecule has 0 aliphatic carbocycles. The topological polar surface area (TPSA) is 29.3 Å². The Morgan fingerprint density at radius 3 is 2.44 bits per heavy atom. The van der Waals surface area contributed by atoms with Gasteiger partial charge in [0.05, 0.1) is 0 Å². The lowest BCUT2D eigenvalue weighted by atomic mass is 10.1. The van der Waals surface area contributed by atoms with Crippen molar-refractivity contribution in [3.8, 4) is 0 Å². The zero-order chi connectivity index (χ0) is 12.1. The number of hydrogen-bond donors (Lipinski definition) is 1. The molecule has 0 atom stereocenters. The minimum Gasteiger partial charge on any atom is -0.369 e. The Balaban J connectivity index is 2.97. The summed E-state index contributed by atoms with van der Waals surface area (Å²) in [6.07, 6.45) is 0.967. The lowest BCUT2D eigenvalue weighted by molar-refractivity contribution is 0.701. The standard InChI is InChI=1S/C14H24N2/c1-5-16(11(2)3)14-7-6-13(8-9-15)10-12(14)4/h6-7,10-11H,5,8-9,15H2,1-4H3. The Bertz CT molecular complexity index is 332. The molecule has 0 aromatic heterocycles. The first-order valence-corrected chi connectivity index (χ1v) is 6.16. The Labute approximate surface area is 99.5 Å². The predicted octanol–water partition coefficient (Wildman–Crippen LogP) is 2.73. The fraction of sp³-hybridized carbons (Fsp3) is 0.571. The van der Waals surface area contributed by atoms with Crippen LogP contribution in [0.1, 0.15) is 31.9 Å². The van der Waals surface area contributed by atoms with Crippen LogP contribution >= 0.6 is 0 Å². The molecule has 0 bridgehead atoms. The number of hydrogen-bond acceptors (Lipinski definition) is 2. The SMILES string of the molecule is CCN(c1ccc(CCN)cc1C)C(C)C. The highest BCUT2D eigenvalue weighted by atomic mass is 15.1. The summed E-state index contributed by atoms with van der Waals surface area (Å²) in [5, 5.41) is 0. The molecule has 0 fully saturated rings. The molecular weight excluding hydrogens is 196 g/mol. The summed E-state index contributed by atoms with van der Waals surface area (Å²) in [7, 11) is 0. The van der Waals surface area contributed by atoms with Gasteiger partial charge in [0.15, 0.2) is 0 Å². The fourth-order valence-electron chi connectivity index (χ4n) is 2.18. The van der Waals surface area contributed by atoms with Crippen LogP contribution in [-0.2, 0) is 6.42 Å². The second kappa shape index (κ2) is 5.90. The van der Waals surface area contributed by atoms with E-state index in [4.69, 9.17) is 5.73 Å². The maximum atomic E-state index is 5.57. The maximum absolute atomic E-state index is 5.57. The van der Waals surface area contributed by atoms with Crippen molar-refractivity contribution < 1.29 is 0 Å². The second-order valence-corrected chi connectivity index (χ2v) is 4.54. The van der Waals surface area contributed by atoms with Crippen LogP contribution < -0.4 is 10.6 Å². The summed E-state index contributed by atoms with van der Waals surface area (Å²) in [6.45, 7) is 10.6. The van der Waals surface area contributed by atoms with E-state index < -0.39 is 0 Å². The largest absolute Gasteiger partial charge is 0.369 e. The third kappa shape index (κ3) is 2.99. The fourth-order valence-corrected chi connectivity index (χ4v) is 2.18. The monoisotopic (exact) mass is 220 g/mol. The van der Waals surface area contributed by atoms with Crippen LogP contribution in [0.5, 0.6) is 0 Å². The molecular formula is C14H24N2. The highest BCUT2D eigenvalue weighted by Crippen LogP contribution is 2.23. The summed E-state index contributed by atoms with van der Waals surface area (Å²) in [5.41, 5.74) is 9.60. The van der Waals surface area contributed by atoms with Crippen LogP contribution in [-0.4, -0.2) is 19.1 Å². The van der Waals surface area contributed by atoms with E-state index in [1.54, 1.807) is 0 Å². The summed E-state index contributed by atoms with van der Waals surface area (Å²) in [6, 6.07) is 7.22. The van der Waals surface area contributed by atoms with Crippen molar-refractivity contribution in [2.24, 2.45) is 5.73 Å². The molecule has 0 aliphatic heterocycles. The number of nitrogens with zero attached hydrogens (tertiary/aromatic N) is 1. The minimum absolute atomic E-state index is 0.545. The van der Waals surface area contributed by atoms with E-state index in [0.29, 0.717) is 6.04 Å². The van der Waals surface area contributed by atoms with Gasteiger partial charge in [-0.2, -0.15) is 0 Å². The molecule has 2 N–H and O–H groups in total. The number of benzene rings is 1. The molecule has 16 heavy (non-hydrogen) atoms. The molecule has 0 saturated heterocycles. The Morgan fingerprint density at radius 1 is 1.31 bits per heavy atom. The summed E-state index contributed by atoms with van der Waals surface area (Å²) >= 11 is 0. The third-order valence-corrected chi connectivity index (χ3v) is 2.97. The van der Waals surface area contributed by atoms with E-state index in [1.165, 1.54) is 16.8 Å². The molecule has 0 heterocycles. The normalized spacial score (nSPS) is 10.9. The molecule has 0 amide bonds. The van der Waals surface area contributed by atoms with Gasteiger partial charge in [-0.1, -0.05) is 12.1 Å². The molecule has 90 valence electrons. The molecule has 1 aromatic carbocycles. The van der Waals surface area contributed by atoms with Gasteiger partial charge in [-0.25, -0.2) is 0 Å². The van der Waals surface area contributed by atoms with Crippen molar-refractivity contribution in [3.63, 3.8) is 0 Å². The predicted molar refractivity (Wildman–Crippen MR) is 72.1 cm³/mol. The first kappa shape index (κ1) is 13.0. The van der Waals surface area contributed by atoms with Crippen molar-refractivity contribution in [2.75, 3.05) is 18.0 Å². The highest BCUT2D eigenvalue weighted by molar-refractivity contribution is 5.55. The van der Waals surface area contributed by atoms with Gasteiger partial charge < -0.3 is 10.6 Å². The maximum Gasteiger partial charge on any atom is 0.0398 e. The van der Waals surface area contributed by atoms with E-state index in [2.05, 4.69) is 50.8 Å². The van der Waals surface area contributed by atoms with Gasteiger partial charge >= 0.3 is 0 Å². The number of rotatable bonds is 5. The van der Waals surface area contributed by atoms with Crippen LogP contribution in [0.15, 0.2) is 18.2 Å². The van der Waals surface area contributed by atoms with Crippen LogP contribution in [0.2, 0.25) is 0 Å². The molecule has 0 aliphatic rings. The molecule has 1 rings (SSSR count). The third-order valence-electron chi connectivity index (χ3n) is 2.97. The van der Waals surface area contributed by atoms with E-state index >= 15 is 0 Å². The second-order valence-electron chi connectivity index (χ2n) is 4.54. The highest BCUT2D eigenvalue weighted by Gasteiger charge is 2.10. The van der Waals surface area contributed by atoms with Gasteiger partial charge in [0.2, 0.25) is 0 Å². The van der Waals surface area contributed by atoms with Gasteiger partial charge in [-0.3, -0.25) is 0 Å². The van der Waals surface area contributed by atoms with Gasteiger partial charge in [0.1, 0.15) is 0 Å². The van der Waals surface area contributed by atoms with Crippen molar-refractivity contribution >= 4 is 5.69 Å². The molecule has 0 spiro atoms. The molecule has 1 aromatic rings. The number of aryl methyl sites for hydroxylation is 1. The zero-order valence-corrected chi connectivity index (χ0v) is 11.0. The number of nitrogens with two attached hydrogens (primary N) is 1. The quantitative estimate of drug-likeness (QED) is 0.826. The first-order chi connectivity index (χ1) is 7.60. The van der Waals surface area contributed by atoms with E-state index in [1.807, 2.05) is 0 Å². The summed E-state index contributed by atoms with van der Waals surface area (Å²) in [4.78, 5) is 2.42. The van der Waals surface area contributed by atoms with Gasteiger partial charge in [-0.05, 0) is 57.9 Å². The molecule has 0 saturated carbocycles. The van der Waals surface area contributed by atoms with Crippen LogP contribution in [0, 0.1) is 6.92 Å². The van der Waals surface area contributed by atoms with Crippen LogP contribution in [0.25, 0.3) is 0 Å². The summed E-state index contributed by atoms with van der Waals surface area (Å²) in [5.74, 6) is 0. The lowest BCUT2D eigenvalue weighted by Crippen LogP contribution is -2.30. The van der Waals surface area contributed by atoms with Gasteiger partial charge in [-0.15, -0.1) is 0 Å². The Morgan fingerprint density at radius 2 is 2.00 bits per heavy atom. The molecule has 0 unspecified atom stereocenters. The lowest BCUT2D eigenvalue weighted by Gasteiger charge is -2.29. The first-order valence-electron chi connectivity index (χ1n) is 6.16. The minimum atomic E-state index is 0.545. The van der Waals surface area contributed by atoms with Gasteiger partial charge in [0.25, 0.3) is 0 Å². The molecule has 2 heteroatoms. The van der Waals surface area contributed by atoms with Crippen LogP contribution in [0.4, 0.5) is 5.69 Å². The van der Waals surface area contributed by atoms with Crippen LogP contribution in [0.3, 0.4) is 0 Å². The molecule has 2 nitrogen and oxygen atoms in total. The molecule has 0 radical (unpaired) electrons. The average Bonchev–Trinajstić information content (AvgIpc) is 2.22. The summed E-state index contributed by atoms with van der Waals surface area (Å²) < 4.78 is 0. The zero-order valence-electron chi connectivity index (χ0n) is 11.0. The van der Waals surface area contributed by atoms with Crippen molar-refractivity contribution in [2.45, 2.75) is 40.2 Å². The Kier molecular flexibility index (Phi) is 4.81. The van der Waals surface area contributed by atoms with Gasteiger partial charge in [0, 0.05) is 18.3 Å². The Hall–Kier alpha value is -1.02. The average molecular weight is 220 g/mol. The van der Waals surface area contributed by atoms with Crippen molar-refractivity contribution in [1.82, 2.24) is 0 Å². The van der Waals surface area contributed by atoms with E-state index in [9.17, 15) is 0 Å². The van der Waals surface area contributed by atoms with Crippen molar-refractivity contribution in [3.05, 3.63) is 29.3 Å². The van der Waals surface area contributed by atoms with E-state index in [-0.39, 0.29) is 0 Å². The smallest absolute Gasteiger partial charge is 0.0398 e. The van der Waals surface area contributed by atoms with E-state index in [0.717, 1.165) is 19.5 Å².